The number of halogens is 3. The number of nitrogens with one attached hydrogen (secondary N) is 1. The van der Waals surface area contributed by atoms with E-state index in [1.807, 2.05) is 0 Å². The summed E-state index contributed by atoms with van der Waals surface area (Å²) in [7, 11) is 0. The van der Waals surface area contributed by atoms with Crippen molar-refractivity contribution in [3.63, 3.8) is 0 Å². The maximum atomic E-state index is 13.8. The predicted octanol–water partition coefficient (Wildman–Crippen LogP) is 3.35. The van der Waals surface area contributed by atoms with Gasteiger partial charge in [-0.05, 0) is 37.1 Å². The number of nitrogens with zero attached hydrogens (tertiary/aromatic N) is 1. The normalized spacial score (nSPS) is 16.8. The van der Waals surface area contributed by atoms with Crippen molar-refractivity contribution < 1.29 is 22.8 Å². The Bertz CT molecular complexity index is 826. The van der Waals surface area contributed by atoms with Gasteiger partial charge in [-0.2, -0.15) is 0 Å². The van der Waals surface area contributed by atoms with Crippen LogP contribution in [0.15, 0.2) is 42.5 Å². The second kappa shape index (κ2) is 6.96. The Balaban J connectivity index is 1.79. The molecule has 1 heterocycles. The number of hydrogen-bond donors (Lipinski definition) is 1. The Labute approximate surface area is 142 Å². The number of amides is 2. The number of carbonyl (C=O) groups is 2. The lowest BCUT2D eigenvalue weighted by Gasteiger charge is -2.24. The van der Waals surface area contributed by atoms with Crippen LogP contribution >= 0.6 is 0 Å². The van der Waals surface area contributed by atoms with Gasteiger partial charge in [0.25, 0.3) is 5.91 Å². The average Bonchev–Trinajstić information content (AvgIpc) is 3.08. The molecule has 7 heteroatoms. The largest absolute Gasteiger partial charge is 0.327 e. The molecule has 0 bridgehead atoms. The number of likely N-dealkylation sites (tertiary alicyclic amines) is 1. The summed E-state index contributed by atoms with van der Waals surface area (Å²) in [6, 6.07) is 7.35. The molecule has 0 spiro atoms. The monoisotopic (exact) mass is 348 g/mol. The second-order valence-electron chi connectivity index (χ2n) is 5.75. The molecular weight excluding hydrogens is 333 g/mol. The fourth-order valence-corrected chi connectivity index (χ4v) is 2.88. The first-order valence-corrected chi connectivity index (χ1v) is 7.79. The highest BCUT2D eigenvalue weighted by atomic mass is 19.1. The maximum Gasteiger partial charge on any atom is 0.257 e. The molecule has 2 amide bonds. The van der Waals surface area contributed by atoms with E-state index in [4.69, 9.17) is 0 Å². The Morgan fingerprint density at radius 3 is 2.56 bits per heavy atom. The van der Waals surface area contributed by atoms with Crippen LogP contribution in [0.5, 0.6) is 0 Å². The Morgan fingerprint density at radius 1 is 1.04 bits per heavy atom. The highest BCUT2D eigenvalue weighted by Gasteiger charge is 2.35. The number of rotatable bonds is 3. The van der Waals surface area contributed by atoms with Crippen LogP contribution in [0, 0.1) is 17.5 Å². The summed E-state index contributed by atoms with van der Waals surface area (Å²) < 4.78 is 40.7. The van der Waals surface area contributed by atoms with Crippen LogP contribution in [0.4, 0.5) is 18.9 Å². The van der Waals surface area contributed by atoms with Crippen molar-refractivity contribution in [2.75, 3.05) is 11.9 Å². The highest BCUT2D eigenvalue weighted by Crippen LogP contribution is 2.23. The Kier molecular flexibility index (Phi) is 4.74. The summed E-state index contributed by atoms with van der Waals surface area (Å²) >= 11 is 0. The minimum Gasteiger partial charge on any atom is -0.327 e. The Hall–Kier alpha value is -2.83. The summed E-state index contributed by atoms with van der Waals surface area (Å²) in [6.45, 7) is 0.289. The van der Waals surface area contributed by atoms with Crippen LogP contribution in [0.2, 0.25) is 0 Å². The van der Waals surface area contributed by atoms with E-state index in [0.29, 0.717) is 12.8 Å². The van der Waals surface area contributed by atoms with Crippen molar-refractivity contribution in [3.05, 3.63) is 65.5 Å². The van der Waals surface area contributed by atoms with Crippen molar-refractivity contribution in [1.29, 1.82) is 0 Å². The standard InChI is InChI=1S/C18H15F3N2O2/c19-11-7-8-14(21)15(10-11)22-17(24)16-6-3-9-23(16)18(25)12-4-1-2-5-13(12)20/h1-2,4-5,7-8,10,16H,3,6,9H2,(H,22,24)/t16-/m1/s1. The van der Waals surface area contributed by atoms with Crippen LogP contribution in [0.3, 0.4) is 0 Å². The van der Waals surface area contributed by atoms with Gasteiger partial charge < -0.3 is 10.2 Å². The summed E-state index contributed by atoms with van der Waals surface area (Å²) in [5.74, 6) is -3.38. The highest BCUT2D eigenvalue weighted by molar-refractivity contribution is 6.01. The van der Waals surface area contributed by atoms with E-state index in [0.717, 1.165) is 18.2 Å². The van der Waals surface area contributed by atoms with Crippen molar-refractivity contribution in [2.45, 2.75) is 18.9 Å². The Morgan fingerprint density at radius 2 is 1.80 bits per heavy atom. The van der Waals surface area contributed by atoms with E-state index in [-0.39, 0.29) is 17.8 Å². The third kappa shape index (κ3) is 3.50. The van der Waals surface area contributed by atoms with Gasteiger partial charge in [0.2, 0.25) is 5.91 Å². The van der Waals surface area contributed by atoms with Crippen molar-refractivity contribution in [1.82, 2.24) is 4.90 Å². The molecule has 0 unspecified atom stereocenters. The SMILES string of the molecule is O=C(Nc1cc(F)ccc1F)[C@H]1CCCN1C(=O)c1ccccc1F. The third-order valence-electron chi connectivity index (χ3n) is 4.11. The molecule has 130 valence electrons. The summed E-state index contributed by atoms with van der Waals surface area (Å²) in [6.07, 6.45) is 0.923. The van der Waals surface area contributed by atoms with E-state index in [1.165, 1.54) is 29.2 Å². The number of hydrogen-bond acceptors (Lipinski definition) is 2. The molecule has 1 atom stereocenters. The summed E-state index contributed by atoms with van der Waals surface area (Å²) in [5, 5.41) is 2.30. The quantitative estimate of drug-likeness (QED) is 0.925. The van der Waals surface area contributed by atoms with E-state index < -0.39 is 35.3 Å². The molecule has 25 heavy (non-hydrogen) atoms. The topological polar surface area (TPSA) is 49.4 Å². The second-order valence-corrected chi connectivity index (χ2v) is 5.75. The number of carbonyl (C=O) groups excluding carboxylic acids is 2. The van der Waals surface area contributed by atoms with E-state index >= 15 is 0 Å². The minimum atomic E-state index is -0.866. The maximum absolute atomic E-state index is 13.8. The molecule has 1 fully saturated rings. The van der Waals surface area contributed by atoms with Gasteiger partial charge in [0.15, 0.2) is 0 Å². The molecule has 0 radical (unpaired) electrons. The van der Waals surface area contributed by atoms with Crippen molar-refractivity contribution >= 4 is 17.5 Å². The van der Waals surface area contributed by atoms with Gasteiger partial charge in [-0.25, -0.2) is 13.2 Å². The zero-order chi connectivity index (χ0) is 18.0. The molecule has 1 aliphatic heterocycles. The zero-order valence-electron chi connectivity index (χ0n) is 13.1. The molecule has 1 saturated heterocycles. The van der Waals surface area contributed by atoms with Crippen LogP contribution in [-0.4, -0.2) is 29.3 Å². The average molecular weight is 348 g/mol. The lowest BCUT2D eigenvalue weighted by Crippen LogP contribution is -2.43. The third-order valence-corrected chi connectivity index (χ3v) is 4.11. The fourth-order valence-electron chi connectivity index (χ4n) is 2.88. The van der Waals surface area contributed by atoms with Gasteiger partial charge in [0.05, 0.1) is 11.3 Å². The van der Waals surface area contributed by atoms with E-state index in [2.05, 4.69) is 5.32 Å². The summed E-state index contributed by atoms with van der Waals surface area (Å²) in [5.41, 5.74) is -0.422. The van der Waals surface area contributed by atoms with Gasteiger partial charge in [-0.3, -0.25) is 9.59 Å². The van der Waals surface area contributed by atoms with Crippen molar-refractivity contribution in [3.8, 4) is 0 Å². The molecule has 3 rings (SSSR count). The first kappa shape index (κ1) is 17.0. The summed E-state index contributed by atoms with van der Waals surface area (Å²) in [4.78, 5) is 26.2. The van der Waals surface area contributed by atoms with Crippen LogP contribution in [-0.2, 0) is 4.79 Å². The van der Waals surface area contributed by atoms with E-state index in [9.17, 15) is 22.8 Å². The molecule has 0 aromatic heterocycles. The number of benzene rings is 2. The predicted molar refractivity (Wildman–Crippen MR) is 85.4 cm³/mol. The van der Waals surface area contributed by atoms with Gasteiger partial charge in [0.1, 0.15) is 23.5 Å². The molecule has 1 aliphatic rings. The van der Waals surface area contributed by atoms with Gasteiger partial charge in [0, 0.05) is 12.6 Å². The van der Waals surface area contributed by atoms with Gasteiger partial charge in [-0.1, -0.05) is 12.1 Å². The molecule has 2 aromatic carbocycles. The van der Waals surface area contributed by atoms with Crippen LogP contribution in [0.25, 0.3) is 0 Å². The molecule has 2 aromatic rings. The smallest absolute Gasteiger partial charge is 0.257 e. The van der Waals surface area contributed by atoms with Crippen LogP contribution < -0.4 is 5.32 Å². The fraction of sp³-hybridized carbons (Fsp3) is 0.222. The molecule has 1 N–H and O–H groups in total. The van der Waals surface area contributed by atoms with Gasteiger partial charge in [-0.15, -0.1) is 0 Å². The number of anilines is 1. The minimum absolute atomic E-state index is 0.126. The first-order valence-electron chi connectivity index (χ1n) is 7.79. The molecular formula is C18H15F3N2O2. The van der Waals surface area contributed by atoms with E-state index in [1.54, 1.807) is 0 Å². The first-order chi connectivity index (χ1) is 12.0. The molecule has 0 aliphatic carbocycles. The lowest BCUT2D eigenvalue weighted by molar-refractivity contribution is -0.119. The molecule has 4 nitrogen and oxygen atoms in total. The van der Waals surface area contributed by atoms with Crippen molar-refractivity contribution in [2.24, 2.45) is 0 Å². The zero-order valence-corrected chi connectivity index (χ0v) is 13.1. The lowest BCUT2D eigenvalue weighted by atomic mass is 10.1. The van der Waals surface area contributed by atoms with Crippen LogP contribution in [0.1, 0.15) is 23.2 Å². The van der Waals surface area contributed by atoms with Gasteiger partial charge >= 0.3 is 0 Å². The molecule has 0 saturated carbocycles.